The molecule has 0 unspecified atom stereocenters. The molecule has 0 fully saturated rings. The topological polar surface area (TPSA) is 16.1 Å². The van der Waals surface area contributed by atoms with Crippen molar-refractivity contribution < 1.29 is 0 Å². The average Bonchev–Trinajstić information content (AvgIpc) is 2.82. The van der Waals surface area contributed by atoms with Gasteiger partial charge in [0.2, 0.25) is 0 Å². The third kappa shape index (κ3) is 2.34. The van der Waals surface area contributed by atoms with Crippen LogP contribution < -0.4 is 4.90 Å². The first kappa shape index (κ1) is 12.9. The largest absolute Gasteiger partial charge is 0.356 e. The fourth-order valence-corrected chi connectivity index (χ4v) is 2.56. The van der Waals surface area contributed by atoms with Gasteiger partial charge < -0.3 is 4.90 Å². The average molecular weight is 261 g/mol. The van der Waals surface area contributed by atoms with E-state index in [-0.39, 0.29) is 12.4 Å². The van der Waals surface area contributed by atoms with Crippen molar-refractivity contribution in [2.75, 3.05) is 11.9 Å². The number of halogens is 1. The number of pyridine rings is 1. The van der Waals surface area contributed by atoms with Crippen molar-refractivity contribution in [3.05, 3.63) is 59.8 Å². The third-order valence-corrected chi connectivity index (χ3v) is 3.59. The van der Waals surface area contributed by atoms with Gasteiger partial charge in [-0.2, -0.15) is 0 Å². The third-order valence-electron chi connectivity index (χ3n) is 3.59. The second-order valence-electron chi connectivity index (χ2n) is 4.63. The van der Waals surface area contributed by atoms with Gasteiger partial charge in [0.1, 0.15) is 5.82 Å². The number of benzene rings is 1. The number of likely N-dealkylation sites (N-methyl/N-ethyl adjacent to an activating group) is 1. The standard InChI is InChI=1S/C15H16N2.ClH/c1-17(15-8-4-5-9-16-15)14-10-12-6-2-3-7-13(12)11-14;/h2-9,14H,10-11H2,1H3;1H. The molecule has 0 amide bonds. The van der Waals surface area contributed by atoms with E-state index < -0.39 is 0 Å². The van der Waals surface area contributed by atoms with Crippen LogP contribution in [0.4, 0.5) is 5.82 Å². The second-order valence-corrected chi connectivity index (χ2v) is 4.63. The van der Waals surface area contributed by atoms with Gasteiger partial charge in [-0.25, -0.2) is 4.98 Å². The predicted molar refractivity (Wildman–Crippen MR) is 77.5 cm³/mol. The van der Waals surface area contributed by atoms with Crippen LogP contribution in [-0.2, 0) is 12.8 Å². The fraction of sp³-hybridized carbons (Fsp3) is 0.267. The molecule has 3 rings (SSSR count). The van der Waals surface area contributed by atoms with Gasteiger partial charge in [0.25, 0.3) is 0 Å². The van der Waals surface area contributed by atoms with E-state index >= 15 is 0 Å². The predicted octanol–water partition coefficient (Wildman–Crippen LogP) is 3.11. The molecule has 0 saturated carbocycles. The van der Waals surface area contributed by atoms with E-state index in [1.807, 2.05) is 18.3 Å². The molecule has 94 valence electrons. The van der Waals surface area contributed by atoms with Crippen LogP contribution >= 0.6 is 12.4 Å². The molecular weight excluding hydrogens is 244 g/mol. The van der Waals surface area contributed by atoms with E-state index in [2.05, 4.69) is 47.3 Å². The summed E-state index contributed by atoms with van der Waals surface area (Å²) in [5.41, 5.74) is 2.97. The van der Waals surface area contributed by atoms with Crippen molar-refractivity contribution in [3.8, 4) is 0 Å². The Morgan fingerprint density at radius 1 is 1.00 bits per heavy atom. The van der Waals surface area contributed by atoms with Crippen LogP contribution in [0.2, 0.25) is 0 Å². The summed E-state index contributed by atoms with van der Waals surface area (Å²) in [5.74, 6) is 1.06. The van der Waals surface area contributed by atoms with Crippen LogP contribution in [0.5, 0.6) is 0 Å². The molecule has 1 aromatic carbocycles. The van der Waals surface area contributed by atoms with Gasteiger partial charge in [-0.15, -0.1) is 12.4 Å². The number of aromatic nitrogens is 1. The highest BCUT2D eigenvalue weighted by Gasteiger charge is 2.24. The molecule has 2 aromatic rings. The molecule has 3 heteroatoms. The number of anilines is 1. The number of hydrogen-bond donors (Lipinski definition) is 0. The Morgan fingerprint density at radius 3 is 2.17 bits per heavy atom. The summed E-state index contributed by atoms with van der Waals surface area (Å²) >= 11 is 0. The van der Waals surface area contributed by atoms with Gasteiger partial charge in [0.05, 0.1) is 0 Å². The maximum absolute atomic E-state index is 4.41. The van der Waals surface area contributed by atoms with Gasteiger partial charge in [-0.1, -0.05) is 30.3 Å². The monoisotopic (exact) mass is 260 g/mol. The Hall–Kier alpha value is -1.54. The molecule has 18 heavy (non-hydrogen) atoms. The Labute approximate surface area is 114 Å². The molecule has 1 aliphatic rings. The molecule has 0 aliphatic heterocycles. The smallest absolute Gasteiger partial charge is 0.128 e. The van der Waals surface area contributed by atoms with E-state index in [0.717, 1.165) is 18.7 Å². The molecule has 0 radical (unpaired) electrons. The zero-order valence-electron chi connectivity index (χ0n) is 10.4. The highest BCUT2D eigenvalue weighted by atomic mass is 35.5. The van der Waals surface area contributed by atoms with Crippen molar-refractivity contribution >= 4 is 18.2 Å². The van der Waals surface area contributed by atoms with Gasteiger partial charge in [-0.3, -0.25) is 0 Å². The Morgan fingerprint density at radius 2 is 1.61 bits per heavy atom. The SMILES string of the molecule is CN(c1ccccn1)C1Cc2ccccc2C1.Cl. The van der Waals surface area contributed by atoms with E-state index in [9.17, 15) is 0 Å². The van der Waals surface area contributed by atoms with Crippen LogP contribution in [-0.4, -0.2) is 18.1 Å². The molecule has 2 nitrogen and oxygen atoms in total. The van der Waals surface area contributed by atoms with E-state index in [1.54, 1.807) is 0 Å². The lowest BCUT2D eigenvalue weighted by Crippen LogP contribution is -2.32. The quantitative estimate of drug-likeness (QED) is 0.825. The van der Waals surface area contributed by atoms with E-state index in [4.69, 9.17) is 0 Å². The Kier molecular flexibility index (Phi) is 3.87. The lowest BCUT2D eigenvalue weighted by molar-refractivity contribution is 0.659. The summed E-state index contributed by atoms with van der Waals surface area (Å²) in [6.45, 7) is 0. The van der Waals surface area contributed by atoms with Gasteiger partial charge in [-0.05, 0) is 36.1 Å². The molecule has 1 aromatic heterocycles. The fourth-order valence-electron chi connectivity index (χ4n) is 2.56. The summed E-state index contributed by atoms with van der Waals surface area (Å²) in [5, 5.41) is 0. The molecule has 0 atom stereocenters. The summed E-state index contributed by atoms with van der Waals surface area (Å²) < 4.78 is 0. The number of fused-ring (bicyclic) bond motifs is 1. The van der Waals surface area contributed by atoms with Crippen molar-refractivity contribution in [2.24, 2.45) is 0 Å². The summed E-state index contributed by atoms with van der Waals surface area (Å²) in [6, 6.07) is 15.3. The van der Waals surface area contributed by atoms with E-state index in [1.165, 1.54) is 11.1 Å². The van der Waals surface area contributed by atoms with Crippen LogP contribution in [0.25, 0.3) is 0 Å². The van der Waals surface area contributed by atoms with Crippen molar-refractivity contribution in [3.63, 3.8) is 0 Å². The first-order valence-corrected chi connectivity index (χ1v) is 6.05. The van der Waals surface area contributed by atoms with Crippen molar-refractivity contribution in [1.82, 2.24) is 4.98 Å². The zero-order valence-corrected chi connectivity index (χ0v) is 11.2. The lowest BCUT2D eigenvalue weighted by Gasteiger charge is -2.25. The van der Waals surface area contributed by atoms with Gasteiger partial charge in [0.15, 0.2) is 0 Å². The minimum Gasteiger partial charge on any atom is -0.356 e. The lowest BCUT2D eigenvalue weighted by atomic mass is 10.1. The minimum absolute atomic E-state index is 0. The first-order chi connectivity index (χ1) is 8.34. The Bertz CT molecular complexity index is 488. The highest BCUT2D eigenvalue weighted by molar-refractivity contribution is 5.85. The molecule has 0 spiro atoms. The second kappa shape index (κ2) is 5.40. The molecule has 1 aliphatic carbocycles. The van der Waals surface area contributed by atoms with Crippen LogP contribution in [0.15, 0.2) is 48.7 Å². The first-order valence-electron chi connectivity index (χ1n) is 6.05. The van der Waals surface area contributed by atoms with Crippen LogP contribution in [0, 0.1) is 0 Å². The maximum atomic E-state index is 4.41. The van der Waals surface area contributed by atoms with Crippen LogP contribution in [0.1, 0.15) is 11.1 Å². The molecule has 0 bridgehead atoms. The number of rotatable bonds is 2. The van der Waals surface area contributed by atoms with Crippen molar-refractivity contribution in [2.45, 2.75) is 18.9 Å². The molecule has 0 saturated heterocycles. The summed E-state index contributed by atoms with van der Waals surface area (Å²) in [4.78, 5) is 6.70. The normalized spacial score (nSPS) is 13.8. The molecule has 0 N–H and O–H groups in total. The number of hydrogen-bond acceptors (Lipinski definition) is 2. The number of nitrogens with zero attached hydrogens (tertiary/aromatic N) is 2. The van der Waals surface area contributed by atoms with Crippen molar-refractivity contribution in [1.29, 1.82) is 0 Å². The van der Waals surface area contributed by atoms with Gasteiger partial charge >= 0.3 is 0 Å². The molecular formula is C15H17ClN2. The Balaban J connectivity index is 0.00000120. The summed E-state index contributed by atoms with van der Waals surface area (Å²) in [7, 11) is 2.14. The highest BCUT2D eigenvalue weighted by Crippen LogP contribution is 2.26. The molecule has 1 heterocycles. The van der Waals surface area contributed by atoms with Gasteiger partial charge in [0, 0.05) is 19.3 Å². The maximum Gasteiger partial charge on any atom is 0.128 e. The van der Waals surface area contributed by atoms with E-state index in [0.29, 0.717) is 6.04 Å². The minimum atomic E-state index is 0. The van der Waals surface area contributed by atoms with Crippen LogP contribution in [0.3, 0.4) is 0 Å². The zero-order chi connectivity index (χ0) is 11.7. The summed E-state index contributed by atoms with van der Waals surface area (Å²) in [6.07, 6.45) is 4.11.